The Labute approximate surface area is 135 Å². The third kappa shape index (κ3) is 3.50. The van der Waals surface area contributed by atoms with E-state index < -0.39 is 29.8 Å². The van der Waals surface area contributed by atoms with Crippen molar-refractivity contribution in [1.29, 1.82) is 0 Å². The van der Waals surface area contributed by atoms with Crippen molar-refractivity contribution in [2.45, 2.75) is 19.9 Å². The fourth-order valence-electron chi connectivity index (χ4n) is 2.87. The van der Waals surface area contributed by atoms with Crippen LogP contribution in [0.4, 0.5) is 4.79 Å². The molecule has 0 radical (unpaired) electrons. The van der Waals surface area contributed by atoms with E-state index in [1.807, 2.05) is 30.9 Å². The molecule has 124 valence electrons. The summed E-state index contributed by atoms with van der Waals surface area (Å²) in [5.41, 5.74) is 0.790. The molecule has 0 saturated carbocycles. The average Bonchev–Trinajstić information content (AvgIpc) is 2.53. The number of nitrogens with zero attached hydrogens (tertiary/aromatic N) is 1. The first kappa shape index (κ1) is 17.0. The van der Waals surface area contributed by atoms with Crippen molar-refractivity contribution in [3.63, 3.8) is 0 Å². The van der Waals surface area contributed by atoms with Crippen LogP contribution in [0.25, 0.3) is 0 Å². The number of methoxy groups -OCH3 is 1. The summed E-state index contributed by atoms with van der Waals surface area (Å²) in [6.45, 7) is 5.23. The van der Waals surface area contributed by atoms with E-state index in [2.05, 4.69) is 10.6 Å². The molecule has 7 nitrogen and oxygen atoms in total. The fraction of sp³-hybridized carbons (Fsp3) is 0.438. The fourth-order valence-corrected chi connectivity index (χ4v) is 2.87. The minimum atomic E-state index is -1.00. The first-order chi connectivity index (χ1) is 11.0. The lowest BCUT2D eigenvalue weighted by Crippen LogP contribution is -2.59. The Morgan fingerprint density at radius 2 is 1.74 bits per heavy atom. The van der Waals surface area contributed by atoms with Crippen LogP contribution in [-0.2, 0) is 9.59 Å². The lowest BCUT2D eigenvalue weighted by atomic mass is 9.88. The van der Waals surface area contributed by atoms with Crippen LogP contribution in [0.15, 0.2) is 24.3 Å². The van der Waals surface area contributed by atoms with Gasteiger partial charge in [0.25, 0.3) is 0 Å². The number of carbonyl (C=O) groups is 3. The maximum absolute atomic E-state index is 12.3. The number of amides is 4. The molecule has 1 aromatic carbocycles. The van der Waals surface area contributed by atoms with E-state index in [1.165, 1.54) is 0 Å². The number of hydrogen-bond acceptors (Lipinski definition) is 5. The summed E-state index contributed by atoms with van der Waals surface area (Å²) in [5, 5.41) is 4.35. The van der Waals surface area contributed by atoms with Gasteiger partial charge >= 0.3 is 6.03 Å². The standard InChI is InChI=1S/C16H21N3O4/c1-4-19(5-2)13(10-7-6-8-11(9-10)23-3)12-14(20)17-16(22)18-15(12)21/h6-9,12-13H,4-5H2,1-3H3,(H2,17,18,20,21,22)/t13-/m0/s1. The minimum absolute atomic E-state index is 0.479. The van der Waals surface area contributed by atoms with E-state index in [-0.39, 0.29) is 0 Å². The highest BCUT2D eigenvalue weighted by Crippen LogP contribution is 2.32. The van der Waals surface area contributed by atoms with Gasteiger partial charge in [-0.15, -0.1) is 0 Å². The molecule has 7 heteroatoms. The molecular formula is C16H21N3O4. The molecule has 0 bridgehead atoms. The first-order valence-electron chi connectivity index (χ1n) is 7.55. The number of imide groups is 2. The topological polar surface area (TPSA) is 87.7 Å². The number of benzene rings is 1. The van der Waals surface area contributed by atoms with Crippen molar-refractivity contribution >= 4 is 17.8 Å². The van der Waals surface area contributed by atoms with Gasteiger partial charge in [0.1, 0.15) is 11.7 Å². The molecule has 1 aliphatic rings. The van der Waals surface area contributed by atoms with Crippen LogP contribution in [0.1, 0.15) is 25.5 Å². The molecule has 2 rings (SSSR count). The highest BCUT2D eigenvalue weighted by Gasteiger charge is 2.42. The second-order valence-electron chi connectivity index (χ2n) is 5.23. The molecular weight excluding hydrogens is 298 g/mol. The Kier molecular flexibility index (Phi) is 5.33. The minimum Gasteiger partial charge on any atom is -0.497 e. The molecule has 2 N–H and O–H groups in total. The van der Waals surface area contributed by atoms with Gasteiger partial charge in [-0.3, -0.25) is 25.1 Å². The molecule has 1 aliphatic heterocycles. The van der Waals surface area contributed by atoms with Crippen molar-refractivity contribution in [2.24, 2.45) is 5.92 Å². The zero-order chi connectivity index (χ0) is 17.0. The molecule has 0 aromatic heterocycles. The summed E-state index contributed by atoms with van der Waals surface area (Å²) in [4.78, 5) is 37.8. The Morgan fingerprint density at radius 1 is 1.13 bits per heavy atom. The molecule has 4 amide bonds. The largest absolute Gasteiger partial charge is 0.497 e. The van der Waals surface area contributed by atoms with Crippen LogP contribution in [-0.4, -0.2) is 42.9 Å². The van der Waals surface area contributed by atoms with Gasteiger partial charge in [-0.1, -0.05) is 26.0 Å². The number of hydrogen-bond donors (Lipinski definition) is 2. The van der Waals surface area contributed by atoms with Crippen molar-refractivity contribution in [3.8, 4) is 5.75 Å². The molecule has 0 aliphatic carbocycles. The van der Waals surface area contributed by atoms with Crippen LogP contribution in [0.3, 0.4) is 0 Å². The third-order valence-electron chi connectivity index (χ3n) is 4.00. The predicted octanol–water partition coefficient (Wildman–Crippen LogP) is 1.06. The maximum atomic E-state index is 12.3. The Morgan fingerprint density at radius 3 is 2.26 bits per heavy atom. The van der Waals surface area contributed by atoms with E-state index >= 15 is 0 Å². The molecule has 1 aromatic rings. The van der Waals surface area contributed by atoms with Crippen molar-refractivity contribution in [2.75, 3.05) is 20.2 Å². The van der Waals surface area contributed by atoms with Crippen molar-refractivity contribution in [1.82, 2.24) is 15.5 Å². The van der Waals surface area contributed by atoms with Gasteiger partial charge in [-0.2, -0.15) is 0 Å². The molecule has 1 saturated heterocycles. The Balaban J connectivity index is 2.47. The molecule has 1 heterocycles. The molecule has 23 heavy (non-hydrogen) atoms. The van der Waals surface area contributed by atoms with Crippen LogP contribution in [0.5, 0.6) is 5.75 Å². The molecule has 1 atom stereocenters. The van der Waals surface area contributed by atoms with Gasteiger partial charge in [0, 0.05) is 0 Å². The zero-order valence-electron chi connectivity index (χ0n) is 13.5. The van der Waals surface area contributed by atoms with Gasteiger partial charge in [0.15, 0.2) is 0 Å². The summed E-state index contributed by atoms with van der Waals surface area (Å²) in [6.07, 6.45) is 0. The smallest absolute Gasteiger partial charge is 0.328 e. The second-order valence-corrected chi connectivity index (χ2v) is 5.23. The summed E-state index contributed by atoms with van der Waals surface area (Å²) in [5.74, 6) is -1.52. The highest BCUT2D eigenvalue weighted by molar-refractivity contribution is 6.16. The van der Waals surface area contributed by atoms with Gasteiger partial charge in [-0.05, 0) is 30.8 Å². The predicted molar refractivity (Wildman–Crippen MR) is 83.8 cm³/mol. The van der Waals surface area contributed by atoms with Gasteiger partial charge in [0.2, 0.25) is 11.8 Å². The van der Waals surface area contributed by atoms with E-state index in [9.17, 15) is 14.4 Å². The summed E-state index contributed by atoms with van der Waals surface area (Å²) >= 11 is 0. The number of rotatable bonds is 6. The number of urea groups is 1. The Bertz CT molecular complexity index is 593. The van der Waals surface area contributed by atoms with Crippen LogP contribution in [0.2, 0.25) is 0 Å². The number of barbiturate groups is 1. The quantitative estimate of drug-likeness (QED) is 0.766. The normalized spacial score (nSPS) is 17.0. The summed E-state index contributed by atoms with van der Waals surface area (Å²) in [7, 11) is 1.56. The molecule has 0 unspecified atom stereocenters. The third-order valence-corrected chi connectivity index (χ3v) is 4.00. The molecule has 1 fully saturated rings. The number of carbonyl (C=O) groups excluding carboxylic acids is 3. The maximum Gasteiger partial charge on any atom is 0.328 e. The van der Waals surface area contributed by atoms with Crippen LogP contribution < -0.4 is 15.4 Å². The number of ether oxygens (including phenoxy) is 1. The van der Waals surface area contributed by atoms with Crippen LogP contribution in [0, 0.1) is 5.92 Å². The zero-order valence-corrected chi connectivity index (χ0v) is 13.5. The van der Waals surface area contributed by atoms with Crippen molar-refractivity contribution in [3.05, 3.63) is 29.8 Å². The van der Waals surface area contributed by atoms with Gasteiger partial charge in [-0.25, -0.2) is 4.79 Å². The SMILES string of the molecule is CCN(CC)[C@@H](c1cccc(OC)c1)C1C(=O)NC(=O)NC1=O. The van der Waals surface area contributed by atoms with E-state index in [4.69, 9.17) is 4.74 Å². The lowest BCUT2D eigenvalue weighted by Gasteiger charge is -2.36. The Hall–Kier alpha value is -2.41. The highest BCUT2D eigenvalue weighted by atomic mass is 16.5. The second kappa shape index (κ2) is 7.23. The summed E-state index contributed by atoms with van der Waals surface area (Å²) in [6, 6.07) is 6.01. The monoisotopic (exact) mass is 319 g/mol. The van der Waals surface area contributed by atoms with Crippen molar-refractivity contribution < 1.29 is 19.1 Å². The van der Waals surface area contributed by atoms with Gasteiger partial charge in [0.05, 0.1) is 13.2 Å². The van der Waals surface area contributed by atoms with E-state index in [0.29, 0.717) is 18.8 Å². The van der Waals surface area contributed by atoms with E-state index in [1.54, 1.807) is 19.2 Å². The van der Waals surface area contributed by atoms with E-state index in [0.717, 1.165) is 5.56 Å². The van der Waals surface area contributed by atoms with Gasteiger partial charge < -0.3 is 4.74 Å². The molecule has 0 spiro atoms. The average molecular weight is 319 g/mol. The number of nitrogens with one attached hydrogen (secondary N) is 2. The summed E-state index contributed by atoms with van der Waals surface area (Å²) < 4.78 is 5.24. The first-order valence-corrected chi connectivity index (χ1v) is 7.55. The van der Waals surface area contributed by atoms with Crippen LogP contribution >= 0.6 is 0 Å². The lowest BCUT2D eigenvalue weighted by molar-refractivity contribution is -0.139.